The smallest absolute Gasteiger partial charge is 0.325 e. The van der Waals surface area contributed by atoms with E-state index in [4.69, 9.17) is 4.74 Å². The number of carbonyl (C=O) groups excluding carboxylic acids is 1. The van der Waals surface area contributed by atoms with Gasteiger partial charge in [0.25, 0.3) is 0 Å². The summed E-state index contributed by atoms with van der Waals surface area (Å²) in [6, 6.07) is 0.651. The third-order valence-electron chi connectivity index (χ3n) is 3.99. The minimum absolute atomic E-state index is 0.150. The van der Waals surface area contributed by atoms with Gasteiger partial charge in [-0.2, -0.15) is 0 Å². The van der Waals surface area contributed by atoms with E-state index >= 15 is 0 Å². The van der Waals surface area contributed by atoms with Gasteiger partial charge in [0, 0.05) is 12.6 Å². The Kier molecular flexibility index (Phi) is 6.09. The van der Waals surface area contributed by atoms with Gasteiger partial charge in [-0.05, 0) is 52.6 Å². The van der Waals surface area contributed by atoms with E-state index in [0.29, 0.717) is 6.04 Å². The number of ether oxygens (including phenoxy) is 1. The molecule has 0 spiro atoms. The standard InChI is InChI=1S/C14H28N2O2/c1-5-9-15-14(3,13(17)18-4)8-11-16-10-6-7-12(16)2/h12,15H,5-11H2,1-4H3. The Labute approximate surface area is 111 Å². The molecule has 2 unspecified atom stereocenters. The Morgan fingerprint density at radius 3 is 2.78 bits per heavy atom. The average molecular weight is 256 g/mol. The summed E-state index contributed by atoms with van der Waals surface area (Å²) in [4.78, 5) is 14.4. The molecule has 0 saturated carbocycles. The van der Waals surface area contributed by atoms with Crippen molar-refractivity contribution in [2.24, 2.45) is 0 Å². The Morgan fingerprint density at radius 1 is 1.56 bits per heavy atom. The van der Waals surface area contributed by atoms with Crippen molar-refractivity contribution in [3.05, 3.63) is 0 Å². The molecule has 1 fully saturated rings. The van der Waals surface area contributed by atoms with E-state index in [9.17, 15) is 4.79 Å². The van der Waals surface area contributed by atoms with E-state index in [-0.39, 0.29) is 5.97 Å². The molecule has 0 radical (unpaired) electrons. The number of rotatable bonds is 7. The fourth-order valence-electron chi connectivity index (χ4n) is 2.58. The summed E-state index contributed by atoms with van der Waals surface area (Å²) in [6.45, 7) is 9.29. The molecule has 4 heteroatoms. The van der Waals surface area contributed by atoms with Crippen molar-refractivity contribution >= 4 is 5.97 Å². The molecular weight excluding hydrogens is 228 g/mol. The molecule has 1 saturated heterocycles. The van der Waals surface area contributed by atoms with Crippen LogP contribution in [-0.2, 0) is 9.53 Å². The van der Waals surface area contributed by atoms with Gasteiger partial charge in [0.05, 0.1) is 7.11 Å². The van der Waals surface area contributed by atoms with Crippen LogP contribution < -0.4 is 5.32 Å². The van der Waals surface area contributed by atoms with Crippen LogP contribution in [0.3, 0.4) is 0 Å². The lowest BCUT2D eigenvalue weighted by Gasteiger charge is -2.31. The zero-order chi connectivity index (χ0) is 13.6. The monoisotopic (exact) mass is 256 g/mol. The molecule has 1 heterocycles. The van der Waals surface area contributed by atoms with Gasteiger partial charge in [0.15, 0.2) is 0 Å². The number of nitrogens with one attached hydrogen (secondary N) is 1. The van der Waals surface area contributed by atoms with Crippen molar-refractivity contribution in [1.82, 2.24) is 10.2 Å². The molecule has 18 heavy (non-hydrogen) atoms. The number of nitrogens with zero attached hydrogens (tertiary/aromatic N) is 1. The molecular formula is C14H28N2O2. The molecule has 2 atom stereocenters. The van der Waals surface area contributed by atoms with Crippen LogP contribution >= 0.6 is 0 Å². The van der Waals surface area contributed by atoms with Gasteiger partial charge in [-0.15, -0.1) is 0 Å². The Hall–Kier alpha value is -0.610. The Bertz CT molecular complexity index is 271. The van der Waals surface area contributed by atoms with Crippen LogP contribution in [0.15, 0.2) is 0 Å². The van der Waals surface area contributed by atoms with Crippen LogP contribution in [0.4, 0.5) is 0 Å². The summed E-state index contributed by atoms with van der Waals surface area (Å²) in [5, 5.41) is 3.33. The lowest BCUT2D eigenvalue weighted by atomic mass is 9.97. The molecule has 106 valence electrons. The molecule has 4 nitrogen and oxygen atoms in total. The summed E-state index contributed by atoms with van der Waals surface area (Å²) in [5.74, 6) is -0.150. The van der Waals surface area contributed by atoms with E-state index in [1.54, 1.807) is 0 Å². The second kappa shape index (κ2) is 7.10. The first-order valence-electron chi connectivity index (χ1n) is 7.11. The lowest BCUT2D eigenvalue weighted by Crippen LogP contribution is -2.52. The maximum atomic E-state index is 11.9. The molecule has 0 amide bonds. The number of hydrogen-bond acceptors (Lipinski definition) is 4. The summed E-state index contributed by atoms with van der Waals surface area (Å²) in [5.41, 5.74) is -0.549. The number of methoxy groups -OCH3 is 1. The largest absolute Gasteiger partial charge is 0.468 e. The highest BCUT2D eigenvalue weighted by Gasteiger charge is 2.34. The molecule has 0 aliphatic carbocycles. The maximum absolute atomic E-state index is 11.9. The molecule has 1 aliphatic heterocycles. The maximum Gasteiger partial charge on any atom is 0.325 e. The van der Waals surface area contributed by atoms with Crippen molar-refractivity contribution in [3.63, 3.8) is 0 Å². The highest BCUT2D eigenvalue weighted by atomic mass is 16.5. The zero-order valence-electron chi connectivity index (χ0n) is 12.3. The zero-order valence-corrected chi connectivity index (χ0v) is 12.3. The first-order chi connectivity index (χ1) is 8.53. The molecule has 0 aromatic heterocycles. The van der Waals surface area contributed by atoms with Gasteiger partial charge in [-0.3, -0.25) is 4.79 Å². The second-order valence-electron chi connectivity index (χ2n) is 5.53. The third-order valence-corrected chi connectivity index (χ3v) is 3.99. The van der Waals surface area contributed by atoms with Crippen molar-refractivity contribution in [1.29, 1.82) is 0 Å². The molecule has 0 bridgehead atoms. The van der Waals surface area contributed by atoms with Crippen LogP contribution in [0.25, 0.3) is 0 Å². The van der Waals surface area contributed by atoms with E-state index in [2.05, 4.69) is 24.1 Å². The summed E-state index contributed by atoms with van der Waals surface area (Å²) in [6.07, 6.45) is 4.38. The minimum Gasteiger partial charge on any atom is -0.468 e. The average Bonchev–Trinajstić information content (AvgIpc) is 2.78. The van der Waals surface area contributed by atoms with E-state index in [0.717, 1.165) is 32.5 Å². The van der Waals surface area contributed by atoms with Gasteiger partial charge in [-0.25, -0.2) is 0 Å². The number of esters is 1. The predicted octanol–water partition coefficient (Wildman–Crippen LogP) is 1.79. The Balaban J connectivity index is 2.52. The predicted molar refractivity (Wildman–Crippen MR) is 73.6 cm³/mol. The molecule has 1 N–H and O–H groups in total. The van der Waals surface area contributed by atoms with Crippen LogP contribution in [-0.4, -0.2) is 49.2 Å². The second-order valence-corrected chi connectivity index (χ2v) is 5.53. The van der Waals surface area contributed by atoms with Crippen molar-refractivity contribution < 1.29 is 9.53 Å². The van der Waals surface area contributed by atoms with E-state index in [1.165, 1.54) is 20.0 Å². The fraction of sp³-hybridized carbons (Fsp3) is 0.929. The van der Waals surface area contributed by atoms with E-state index in [1.807, 2.05) is 6.92 Å². The molecule has 0 aromatic rings. The normalized spacial score (nSPS) is 23.9. The first kappa shape index (κ1) is 15.4. The van der Waals surface area contributed by atoms with E-state index < -0.39 is 5.54 Å². The van der Waals surface area contributed by atoms with Gasteiger partial charge < -0.3 is 15.0 Å². The molecule has 0 aromatic carbocycles. The quantitative estimate of drug-likeness (QED) is 0.705. The molecule has 1 aliphatic rings. The highest BCUT2D eigenvalue weighted by molar-refractivity contribution is 5.80. The van der Waals surface area contributed by atoms with Crippen LogP contribution in [0.1, 0.15) is 46.5 Å². The third kappa shape index (κ3) is 3.95. The minimum atomic E-state index is -0.549. The number of carbonyl (C=O) groups is 1. The topological polar surface area (TPSA) is 41.6 Å². The molecule has 1 rings (SSSR count). The highest BCUT2D eigenvalue weighted by Crippen LogP contribution is 2.20. The van der Waals surface area contributed by atoms with Gasteiger partial charge in [0.2, 0.25) is 0 Å². The SMILES string of the molecule is CCCNC(C)(CCN1CCCC1C)C(=O)OC. The van der Waals surface area contributed by atoms with Crippen molar-refractivity contribution in [2.45, 2.75) is 58.0 Å². The van der Waals surface area contributed by atoms with Crippen LogP contribution in [0, 0.1) is 0 Å². The Morgan fingerprint density at radius 2 is 2.28 bits per heavy atom. The number of hydrogen-bond donors (Lipinski definition) is 1. The summed E-state index contributed by atoms with van der Waals surface area (Å²) < 4.78 is 4.93. The van der Waals surface area contributed by atoms with Crippen LogP contribution in [0.2, 0.25) is 0 Å². The van der Waals surface area contributed by atoms with Crippen molar-refractivity contribution in [3.8, 4) is 0 Å². The summed E-state index contributed by atoms with van der Waals surface area (Å²) >= 11 is 0. The first-order valence-corrected chi connectivity index (χ1v) is 7.11. The van der Waals surface area contributed by atoms with Crippen molar-refractivity contribution in [2.75, 3.05) is 26.7 Å². The van der Waals surface area contributed by atoms with Gasteiger partial charge >= 0.3 is 5.97 Å². The lowest BCUT2D eigenvalue weighted by molar-refractivity contribution is -0.148. The van der Waals surface area contributed by atoms with Crippen LogP contribution in [0.5, 0.6) is 0 Å². The summed E-state index contributed by atoms with van der Waals surface area (Å²) in [7, 11) is 1.46. The fourth-order valence-corrected chi connectivity index (χ4v) is 2.58. The number of likely N-dealkylation sites (tertiary alicyclic amines) is 1. The van der Waals surface area contributed by atoms with Gasteiger partial charge in [0.1, 0.15) is 5.54 Å². The van der Waals surface area contributed by atoms with Gasteiger partial charge in [-0.1, -0.05) is 6.92 Å².